The molecule has 0 aliphatic rings. The second-order valence-electron chi connectivity index (χ2n) is 3.03. The lowest BCUT2D eigenvalue weighted by molar-refractivity contribution is -0.166. The van der Waals surface area contributed by atoms with Crippen molar-refractivity contribution in [3.8, 4) is 0 Å². The Bertz CT molecular complexity index is 519. The van der Waals surface area contributed by atoms with E-state index in [1.807, 2.05) is 0 Å². The highest BCUT2D eigenvalue weighted by Gasteiger charge is 2.42. The molecule has 1 aromatic heterocycles. The first-order chi connectivity index (χ1) is 7.03. The van der Waals surface area contributed by atoms with Gasteiger partial charge in [-0.1, -0.05) is 18.2 Å². The van der Waals surface area contributed by atoms with E-state index in [4.69, 9.17) is 5.11 Å². The highest BCUT2D eigenvalue weighted by Crippen LogP contribution is 2.37. The molecular formula is C10H6F2O2S. The number of aliphatic carboxylic acids is 1. The summed E-state index contributed by atoms with van der Waals surface area (Å²) in [7, 11) is 0. The maximum Gasteiger partial charge on any atom is 0.379 e. The van der Waals surface area contributed by atoms with E-state index in [0.717, 1.165) is 11.3 Å². The third-order valence-electron chi connectivity index (χ3n) is 2.09. The summed E-state index contributed by atoms with van der Waals surface area (Å²) < 4.78 is 27.2. The molecule has 0 bridgehead atoms. The van der Waals surface area contributed by atoms with Gasteiger partial charge in [0.1, 0.15) is 0 Å². The SMILES string of the molecule is O=C(O)C(F)(F)c1csc2ccccc12. The summed E-state index contributed by atoms with van der Waals surface area (Å²) >= 11 is 1.11. The average Bonchev–Trinajstić information content (AvgIpc) is 2.61. The molecule has 5 heteroatoms. The Morgan fingerprint density at radius 2 is 2.00 bits per heavy atom. The van der Waals surface area contributed by atoms with Gasteiger partial charge in [0.2, 0.25) is 0 Å². The fraction of sp³-hybridized carbons (Fsp3) is 0.100. The summed E-state index contributed by atoms with van der Waals surface area (Å²) in [6.07, 6.45) is 0. The van der Waals surface area contributed by atoms with Gasteiger partial charge in [-0.25, -0.2) is 4.79 Å². The first-order valence-electron chi connectivity index (χ1n) is 4.11. The molecule has 0 amide bonds. The quantitative estimate of drug-likeness (QED) is 0.857. The van der Waals surface area contributed by atoms with Crippen LogP contribution in [0.15, 0.2) is 29.6 Å². The van der Waals surface area contributed by atoms with E-state index < -0.39 is 17.5 Å². The zero-order chi connectivity index (χ0) is 11.1. The minimum atomic E-state index is -3.82. The Labute approximate surface area is 87.8 Å². The van der Waals surface area contributed by atoms with Gasteiger partial charge in [-0.2, -0.15) is 8.78 Å². The van der Waals surface area contributed by atoms with Crippen molar-refractivity contribution in [2.45, 2.75) is 5.92 Å². The Morgan fingerprint density at radius 3 is 2.67 bits per heavy atom. The third-order valence-corrected chi connectivity index (χ3v) is 3.05. The number of alkyl halides is 2. The zero-order valence-electron chi connectivity index (χ0n) is 7.41. The summed E-state index contributed by atoms with van der Waals surface area (Å²) in [6.45, 7) is 0. The maximum absolute atomic E-state index is 13.2. The molecule has 1 heterocycles. The van der Waals surface area contributed by atoms with Crippen molar-refractivity contribution < 1.29 is 18.7 Å². The molecule has 0 saturated heterocycles. The summed E-state index contributed by atoms with van der Waals surface area (Å²) in [5.41, 5.74) is -0.435. The van der Waals surface area contributed by atoms with Gasteiger partial charge in [0.05, 0.1) is 5.56 Å². The highest BCUT2D eigenvalue weighted by atomic mass is 32.1. The largest absolute Gasteiger partial charge is 0.477 e. The minimum Gasteiger partial charge on any atom is -0.477 e. The van der Waals surface area contributed by atoms with Gasteiger partial charge in [0.15, 0.2) is 0 Å². The molecule has 2 aromatic rings. The van der Waals surface area contributed by atoms with Crippen LogP contribution < -0.4 is 0 Å². The number of thiophene rings is 1. The van der Waals surface area contributed by atoms with E-state index in [9.17, 15) is 13.6 Å². The van der Waals surface area contributed by atoms with Crippen LogP contribution >= 0.6 is 11.3 Å². The molecule has 2 nitrogen and oxygen atoms in total. The van der Waals surface area contributed by atoms with Crippen molar-refractivity contribution in [3.63, 3.8) is 0 Å². The number of fused-ring (bicyclic) bond motifs is 1. The number of carbonyl (C=O) groups is 1. The molecule has 1 N–H and O–H groups in total. The normalized spacial score (nSPS) is 11.9. The average molecular weight is 228 g/mol. The van der Waals surface area contributed by atoms with Crippen LogP contribution in [0.4, 0.5) is 8.78 Å². The number of hydrogen-bond acceptors (Lipinski definition) is 2. The van der Waals surface area contributed by atoms with E-state index in [2.05, 4.69) is 0 Å². The number of rotatable bonds is 2. The molecule has 0 fully saturated rings. The Morgan fingerprint density at radius 1 is 1.33 bits per heavy atom. The van der Waals surface area contributed by atoms with Crippen molar-refractivity contribution in [2.75, 3.05) is 0 Å². The number of hydrogen-bond donors (Lipinski definition) is 1. The maximum atomic E-state index is 13.2. The van der Waals surface area contributed by atoms with Crippen LogP contribution in [0.5, 0.6) is 0 Å². The number of carboxylic acids is 1. The van der Waals surface area contributed by atoms with Crippen LogP contribution in [-0.4, -0.2) is 11.1 Å². The van der Waals surface area contributed by atoms with E-state index in [-0.39, 0.29) is 0 Å². The third kappa shape index (κ3) is 1.48. The van der Waals surface area contributed by atoms with Crippen molar-refractivity contribution in [3.05, 3.63) is 35.2 Å². The highest BCUT2D eigenvalue weighted by molar-refractivity contribution is 7.17. The second kappa shape index (κ2) is 3.27. The summed E-state index contributed by atoms with van der Waals surface area (Å²) in [5, 5.41) is 9.92. The zero-order valence-corrected chi connectivity index (χ0v) is 8.22. The molecule has 0 aliphatic heterocycles. The van der Waals surface area contributed by atoms with E-state index >= 15 is 0 Å². The molecule has 0 spiro atoms. The second-order valence-corrected chi connectivity index (χ2v) is 3.94. The summed E-state index contributed by atoms with van der Waals surface area (Å²) in [6, 6.07) is 6.51. The molecule has 15 heavy (non-hydrogen) atoms. The lowest BCUT2D eigenvalue weighted by Gasteiger charge is -2.09. The lowest BCUT2D eigenvalue weighted by atomic mass is 10.1. The van der Waals surface area contributed by atoms with Crippen molar-refractivity contribution in [2.24, 2.45) is 0 Å². The van der Waals surface area contributed by atoms with E-state index in [1.165, 1.54) is 11.4 Å². The van der Waals surface area contributed by atoms with Crippen LogP contribution in [0.3, 0.4) is 0 Å². The number of halogens is 2. The monoisotopic (exact) mass is 228 g/mol. The van der Waals surface area contributed by atoms with Crippen LogP contribution in [0.25, 0.3) is 10.1 Å². The molecule has 0 saturated carbocycles. The molecule has 1 aromatic carbocycles. The minimum absolute atomic E-state index is 0.301. The smallest absolute Gasteiger partial charge is 0.379 e. The summed E-state index contributed by atoms with van der Waals surface area (Å²) in [5.74, 6) is -5.94. The fourth-order valence-corrected chi connectivity index (χ4v) is 2.32. The summed E-state index contributed by atoms with van der Waals surface area (Å²) in [4.78, 5) is 10.4. The lowest BCUT2D eigenvalue weighted by Crippen LogP contribution is -2.24. The Balaban J connectivity index is 2.67. The molecule has 0 atom stereocenters. The molecule has 2 rings (SSSR count). The predicted molar refractivity (Wildman–Crippen MR) is 53.4 cm³/mol. The van der Waals surface area contributed by atoms with Gasteiger partial charge in [0, 0.05) is 15.5 Å². The Kier molecular flexibility index (Phi) is 2.19. The molecular weight excluding hydrogens is 222 g/mol. The molecule has 0 unspecified atom stereocenters. The van der Waals surface area contributed by atoms with Gasteiger partial charge < -0.3 is 5.11 Å². The van der Waals surface area contributed by atoms with Crippen molar-refractivity contribution >= 4 is 27.4 Å². The number of carboxylic acid groups (broad SMARTS) is 1. The molecule has 0 radical (unpaired) electrons. The topological polar surface area (TPSA) is 37.3 Å². The van der Waals surface area contributed by atoms with Crippen molar-refractivity contribution in [1.29, 1.82) is 0 Å². The van der Waals surface area contributed by atoms with Crippen molar-refractivity contribution in [1.82, 2.24) is 0 Å². The fourth-order valence-electron chi connectivity index (χ4n) is 1.34. The first kappa shape index (κ1) is 10.0. The van der Waals surface area contributed by atoms with Crippen LogP contribution in [0, 0.1) is 0 Å². The van der Waals surface area contributed by atoms with Gasteiger partial charge in [-0.05, 0) is 6.07 Å². The van der Waals surface area contributed by atoms with Crippen LogP contribution in [0.2, 0.25) is 0 Å². The van der Waals surface area contributed by atoms with Gasteiger partial charge in [-0.15, -0.1) is 11.3 Å². The Hall–Kier alpha value is -1.49. The van der Waals surface area contributed by atoms with E-state index in [0.29, 0.717) is 10.1 Å². The predicted octanol–water partition coefficient (Wildman–Crippen LogP) is 3.08. The number of benzene rings is 1. The van der Waals surface area contributed by atoms with Gasteiger partial charge >= 0.3 is 11.9 Å². The first-order valence-corrected chi connectivity index (χ1v) is 4.99. The van der Waals surface area contributed by atoms with Crippen LogP contribution in [0.1, 0.15) is 5.56 Å². The molecule has 0 aliphatic carbocycles. The van der Waals surface area contributed by atoms with Gasteiger partial charge in [0.25, 0.3) is 0 Å². The van der Waals surface area contributed by atoms with Gasteiger partial charge in [-0.3, -0.25) is 0 Å². The molecule has 78 valence electrons. The van der Waals surface area contributed by atoms with Crippen LogP contribution in [-0.2, 0) is 10.7 Å². The standard InChI is InChI=1S/C10H6F2O2S/c11-10(12,9(13)14)7-5-15-8-4-2-1-3-6(7)8/h1-5H,(H,13,14). The van der Waals surface area contributed by atoms with E-state index in [1.54, 1.807) is 18.2 Å².